The smallest absolute Gasteiger partial charge is 0.0945 e. The summed E-state index contributed by atoms with van der Waals surface area (Å²) in [5, 5.41) is 13.1. The highest BCUT2D eigenvalue weighted by Gasteiger charge is 2.14. The van der Waals surface area contributed by atoms with E-state index in [0.717, 1.165) is 5.69 Å². The van der Waals surface area contributed by atoms with Gasteiger partial charge in [-0.15, -0.1) is 0 Å². The van der Waals surface area contributed by atoms with E-state index in [4.69, 9.17) is 4.74 Å². The summed E-state index contributed by atoms with van der Waals surface area (Å²) in [4.78, 5) is 0. The molecule has 0 heterocycles. The summed E-state index contributed by atoms with van der Waals surface area (Å²) in [5.74, 6) is 0. The fraction of sp³-hybridized carbons (Fsp3) is 0.647. The van der Waals surface area contributed by atoms with Crippen LogP contribution in [0.3, 0.4) is 0 Å². The molecule has 0 saturated heterocycles. The molecule has 0 saturated carbocycles. The van der Waals surface area contributed by atoms with Gasteiger partial charge in [-0.25, -0.2) is 0 Å². The minimum absolute atomic E-state index is 0.165. The third kappa shape index (κ3) is 6.40. The van der Waals surface area contributed by atoms with Crippen molar-refractivity contribution in [3.8, 4) is 0 Å². The second-order valence-electron chi connectivity index (χ2n) is 7.29. The van der Waals surface area contributed by atoms with Gasteiger partial charge in [0.25, 0.3) is 0 Å². The van der Waals surface area contributed by atoms with Crippen LogP contribution in [0.4, 0.5) is 5.69 Å². The molecule has 3 heteroatoms. The van der Waals surface area contributed by atoms with Gasteiger partial charge in [0.1, 0.15) is 0 Å². The molecule has 1 unspecified atom stereocenters. The molecule has 0 fully saturated rings. The van der Waals surface area contributed by atoms with Crippen molar-refractivity contribution >= 4 is 5.69 Å². The van der Waals surface area contributed by atoms with Gasteiger partial charge in [-0.3, -0.25) is 0 Å². The lowest BCUT2D eigenvalue weighted by Gasteiger charge is -2.22. The monoisotopic (exact) mass is 279 g/mol. The summed E-state index contributed by atoms with van der Waals surface area (Å²) in [6.45, 7) is 13.4. The Balaban J connectivity index is 2.42. The van der Waals surface area contributed by atoms with Crippen LogP contribution in [0.2, 0.25) is 0 Å². The Kier molecular flexibility index (Phi) is 5.60. The first-order valence-electron chi connectivity index (χ1n) is 7.24. The molecule has 0 spiro atoms. The van der Waals surface area contributed by atoms with Gasteiger partial charge in [-0.1, -0.05) is 32.9 Å². The number of nitrogens with one attached hydrogen (secondary N) is 1. The third-order valence-electron chi connectivity index (χ3n) is 3.00. The molecule has 1 rings (SSSR count). The zero-order valence-electron chi connectivity index (χ0n) is 13.7. The average Bonchev–Trinajstić information content (AvgIpc) is 2.32. The summed E-state index contributed by atoms with van der Waals surface area (Å²) < 4.78 is 5.55. The van der Waals surface area contributed by atoms with E-state index in [1.54, 1.807) is 0 Å². The van der Waals surface area contributed by atoms with Gasteiger partial charge in [0.05, 0.1) is 18.3 Å². The average molecular weight is 279 g/mol. The number of rotatable bonds is 5. The van der Waals surface area contributed by atoms with Crippen molar-refractivity contribution in [2.24, 2.45) is 0 Å². The van der Waals surface area contributed by atoms with Crippen molar-refractivity contribution < 1.29 is 9.84 Å². The highest BCUT2D eigenvalue weighted by molar-refractivity contribution is 5.45. The first kappa shape index (κ1) is 17.0. The van der Waals surface area contributed by atoms with Crippen molar-refractivity contribution in [1.29, 1.82) is 0 Å². The number of ether oxygens (including phenoxy) is 1. The SMILES string of the molecule is CC(C)(C)OCC(O)CNc1ccc(C(C)(C)C)cc1. The lowest BCUT2D eigenvalue weighted by atomic mass is 9.87. The largest absolute Gasteiger partial charge is 0.389 e. The van der Waals surface area contributed by atoms with E-state index in [1.807, 2.05) is 20.8 Å². The topological polar surface area (TPSA) is 41.5 Å². The van der Waals surface area contributed by atoms with Crippen LogP contribution in [0.15, 0.2) is 24.3 Å². The summed E-state index contributed by atoms with van der Waals surface area (Å²) >= 11 is 0. The van der Waals surface area contributed by atoms with Gasteiger partial charge >= 0.3 is 0 Å². The van der Waals surface area contributed by atoms with Crippen LogP contribution < -0.4 is 5.32 Å². The van der Waals surface area contributed by atoms with Crippen molar-refractivity contribution in [2.75, 3.05) is 18.5 Å². The predicted octanol–water partition coefficient (Wildman–Crippen LogP) is 3.57. The van der Waals surface area contributed by atoms with E-state index in [0.29, 0.717) is 13.2 Å². The number of hydrogen-bond acceptors (Lipinski definition) is 3. The highest BCUT2D eigenvalue weighted by Crippen LogP contribution is 2.23. The molecule has 0 amide bonds. The lowest BCUT2D eigenvalue weighted by Crippen LogP contribution is -2.30. The fourth-order valence-corrected chi connectivity index (χ4v) is 1.73. The third-order valence-corrected chi connectivity index (χ3v) is 3.00. The van der Waals surface area contributed by atoms with Gasteiger partial charge in [0.2, 0.25) is 0 Å². The van der Waals surface area contributed by atoms with Crippen LogP contribution in [-0.4, -0.2) is 30.0 Å². The zero-order valence-corrected chi connectivity index (χ0v) is 13.7. The van der Waals surface area contributed by atoms with Gasteiger partial charge in [0.15, 0.2) is 0 Å². The van der Waals surface area contributed by atoms with Crippen LogP contribution in [0.25, 0.3) is 0 Å². The van der Waals surface area contributed by atoms with Crippen LogP contribution in [0, 0.1) is 0 Å². The van der Waals surface area contributed by atoms with E-state index in [-0.39, 0.29) is 11.0 Å². The Labute approximate surface area is 123 Å². The van der Waals surface area contributed by atoms with E-state index < -0.39 is 6.10 Å². The molecular formula is C17H29NO2. The normalized spacial score (nSPS) is 14.2. The summed E-state index contributed by atoms with van der Waals surface area (Å²) in [6, 6.07) is 8.36. The zero-order chi connectivity index (χ0) is 15.4. The second-order valence-corrected chi connectivity index (χ2v) is 7.29. The molecule has 0 aliphatic rings. The Morgan fingerprint density at radius 3 is 2.05 bits per heavy atom. The maximum absolute atomic E-state index is 9.87. The Bertz CT molecular complexity index is 398. The maximum Gasteiger partial charge on any atom is 0.0945 e. The van der Waals surface area contributed by atoms with Gasteiger partial charge in [0, 0.05) is 12.2 Å². The minimum Gasteiger partial charge on any atom is -0.389 e. The molecule has 1 atom stereocenters. The van der Waals surface area contributed by atoms with E-state index in [1.165, 1.54) is 5.56 Å². The molecule has 3 nitrogen and oxygen atoms in total. The molecule has 114 valence electrons. The maximum atomic E-state index is 9.87. The lowest BCUT2D eigenvalue weighted by molar-refractivity contribution is -0.0449. The summed E-state index contributed by atoms with van der Waals surface area (Å²) in [5.41, 5.74) is 2.28. The molecule has 1 aromatic carbocycles. The molecular weight excluding hydrogens is 250 g/mol. The van der Waals surface area contributed by atoms with Crippen LogP contribution >= 0.6 is 0 Å². The molecule has 0 aliphatic carbocycles. The standard InChI is InChI=1S/C17H29NO2/c1-16(2,3)13-7-9-14(10-8-13)18-11-15(19)12-20-17(4,5)6/h7-10,15,18-19H,11-12H2,1-6H3. The number of aliphatic hydroxyl groups is 1. The van der Waals surface area contributed by atoms with Gasteiger partial charge < -0.3 is 15.2 Å². The molecule has 0 radical (unpaired) electrons. The first-order valence-corrected chi connectivity index (χ1v) is 7.24. The fourth-order valence-electron chi connectivity index (χ4n) is 1.73. The van der Waals surface area contributed by atoms with Gasteiger partial charge in [-0.05, 0) is 43.9 Å². The molecule has 0 aliphatic heterocycles. The van der Waals surface area contributed by atoms with E-state index in [9.17, 15) is 5.11 Å². The predicted molar refractivity (Wildman–Crippen MR) is 85.3 cm³/mol. The van der Waals surface area contributed by atoms with Crippen molar-refractivity contribution in [1.82, 2.24) is 0 Å². The van der Waals surface area contributed by atoms with Crippen molar-refractivity contribution in [3.05, 3.63) is 29.8 Å². The Hall–Kier alpha value is -1.06. The molecule has 1 aromatic rings. The van der Waals surface area contributed by atoms with Crippen molar-refractivity contribution in [2.45, 2.75) is 58.7 Å². The first-order chi connectivity index (χ1) is 9.08. The highest BCUT2D eigenvalue weighted by atomic mass is 16.5. The second kappa shape index (κ2) is 6.59. The van der Waals surface area contributed by atoms with Crippen molar-refractivity contribution in [3.63, 3.8) is 0 Å². The van der Waals surface area contributed by atoms with E-state index in [2.05, 4.69) is 50.4 Å². The molecule has 20 heavy (non-hydrogen) atoms. The van der Waals surface area contributed by atoms with Crippen LogP contribution in [0.5, 0.6) is 0 Å². The quantitative estimate of drug-likeness (QED) is 0.865. The number of aliphatic hydroxyl groups excluding tert-OH is 1. The Morgan fingerprint density at radius 2 is 1.60 bits per heavy atom. The number of anilines is 1. The minimum atomic E-state index is -0.503. The Morgan fingerprint density at radius 1 is 1.05 bits per heavy atom. The summed E-state index contributed by atoms with van der Waals surface area (Å²) in [6.07, 6.45) is -0.503. The molecule has 0 aromatic heterocycles. The molecule has 2 N–H and O–H groups in total. The van der Waals surface area contributed by atoms with E-state index >= 15 is 0 Å². The molecule has 0 bridgehead atoms. The number of benzene rings is 1. The number of hydrogen-bond donors (Lipinski definition) is 2. The van der Waals surface area contributed by atoms with Crippen LogP contribution in [0.1, 0.15) is 47.1 Å². The van der Waals surface area contributed by atoms with Gasteiger partial charge in [-0.2, -0.15) is 0 Å². The summed E-state index contributed by atoms with van der Waals surface area (Å²) in [7, 11) is 0. The van der Waals surface area contributed by atoms with Crippen LogP contribution in [-0.2, 0) is 10.2 Å².